The summed E-state index contributed by atoms with van der Waals surface area (Å²) in [6.45, 7) is 5.12. The summed E-state index contributed by atoms with van der Waals surface area (Å²) in [5.74, 6) is 0. The standard InChI is InChI=1S/C13H15ClN2S/c1-3-16-13(11-4-5-12(14)17-11)10-8-15-7-6-9(10)2/h4-8,13,16H,3H2,1-2H3. The molecule has 0 amide bonds. The van der Waals surface area contributed by atoms with E-state index in [1.54, 1.807) is 11.3 Å². The smallest absolute Gasteiger partial charge is 0.0931 e. The monoisotopic (exact) mass is 266 g/mol. The Kier molecular flexibility index (Phi) is 4.15. The van der Waals surface area contributed by atoms with Gasteiger partial charge in [0, 0.05) is 17.3 Å². The molecule has 0 aliphatic carbocycles. The topological polar surface area (TPSA) is 24.9 Å². The van der Waals surface area contributed by atoms with Gasteiger partial charge in [-0.15, -0.1) is 11.3 Å². The molecule has 2 aromatic heterocycles. The van der Waals surface area contributed by atoms with Crippen LogP contribution in [-0.2, 0) is 0 Å². The van der Waals surface area contributed by atoms with Crippen LogP contribution in [0, 0.1) is 6.92 Å². The van der Waals surface area contributed by atoms with E-state index in [1.807, 2.05) is 24.5 Å². The number of hydrogen-bond donors (Lipinski definition) is 1. The van der Waals surface area contributed by atoms with Crippen LogP contribution in [0.25, 0.3) is 0 Å². The van der Waals surface area contributed by atoms with Gasteiger partial charge >= 0.3 is 0 Å². The minimum atomic E-state index is 0.186. The summed E-state index contributed by atoms with van der Waals surface area (Å²) in [5, 5.41) is 3.48. The molecular formula is C13H15ClN2S. The lowest BCUT2D eigenvalue weighted by atomic mass is 10.0. The number of pyridine rings is 1. The van der Waals surface area contributed by atoms with Gasteiger partial charge in [0.05, 0.1) is 10.4 Å². The van der Waals surface area contributed by atoms with Gasteiger partial charge < -0.3 is 5.32 Å². The zero-order chi connectivity index (χ0) is 12.3. The normalized spacial score (nSPS) is 12.6. The minimum absolute atomic E-state index is 0.186. The van der Waals surface area contributed by atoms with Gasteiger partial charge in [-0.1, -0.05) is 18.5 Å². The summed E-state index contributed by atoms with van der Waals surface area (Å²) in [6.07, 6.45) is 3.75. The third-order valence-electron chi connectivity index (χ3n) is 2.68. The van der Waals surface area contributed by atoms with Gasteiger partial charge in [0.15, 0.2) is 0 Å². The quantitative estimate of drug-likeness (QED) is 0.910. The molecule has 0 saturated carbocycles. The maximum atomic E-state index is 6.01. The highest BCUT2D eigenvalue weighted by Crippen LogP contribution is 2.31. The Morgan fingerprint density at radius 2 is 2.24 bits per heavy atom. The highest BCUT2D eigenvalue weighted by Gasteiger charge is 2.16. The Hall–Kier alpha value is -0.900. The van der Waals surface area contributed by atoms with Crippen LogP contribution < -0.4 is 5.32 Å². The van der Waals surface area contributed by atoms with E-state index in [2.05, 4.69) is 30.2 Å². The fraction of sp³-hybridized carbons (Fsp3) is 0.308. The van der Waals surface area contributed by atoms with Gasteiger partial charge in [0.25, 0.3) is 0 Å². The lowest BCUT2D eigenvalue weighted by Gasteiger charge is -2.18. The van der Waals surface area contributed by atoms with E-state index in [-0.39, 0.29) is 6.04 Å². The lowest BCUT2D eigenvalue weighted by molar-refractivity contribution is 0.634. The van der Waals surface area contributed by atoms with Crippen LogP contribution in [0.5, 0.6) is 0 Å². The zero-order valence-corrected chi connectivity index (χ0v) is 11.5. The first-order valence-electron chi connectivity index (χ1n) is 5.61. The summed E-state index contributed by atoms with van der Waals surface area (Å²) >= 11 is 7.62. The number of aromatic nitrogens is 1. The molecule has 0 fully saturated rings. The van der Waals surface area contributed by atoms with Crippen molar-refractivity contribution in [3.8, 4) is 0 Å². The molecule has 4 heteroatoms. The Morgan fingerprint density at radius 1 is 1.41 bits per heavy atom. The van der Waals surface area contributed by atoms with Gasteiger partial charge in [-0.2, -0.15) is 0 Å². The molecular weight excluding hydrogens is 252 g/mol. The van der Waals surface area contributed by atoms with Crippen molar-refractivity contribution in [3.63, 3.8) is 0 Å². The second-order valence-corrected chi connectivity index (χ2v) is 5.61. The Morgan fingerprint density at radius 3 is 2.82 bits per heavy atom. The van der Waals surface area contributed by atoms with Crippen LogP contribution in [0.3, 0.4) is 0 Å². The Balaban J connectivity index is 2.39. The van der Waals surface area contributed by atoms with Crippen molar-refractivity contribution in [2.75, 3.05) is 6.54 Å². The molecule has 17 heavy (non-hydrogen) atoms. The number of hydrogen-bond acceptors (Lipinski definition) is 3. The van der Waals surface area contributed by atoms with Crippen molar-refractivity contribution >= 4 is 22.9 Å². The first-order chi connectivity index (χ1) is 8.22. The molecule has 0 aromatic carbocycles. The van der Waals surface area contributed by atoms with Gasteiger partial charge in [0.2, 0.25) is 0 Å². The van der Waals surface area contributed by atoms with Crippen LogP contribution in [-0.4, -0.2) is 11.5 Å². The number of nitrogens with one attached hydrogen (secondary N) is 1. The molecule has 0 spiro atoms. The van der Waals surface area contributed by atoms with E-state index in [9.17, 15) is 0 Å². The molecule has 2 heterocycles. The summed E-state index contributed by atoms with van der Waals surface area (Å²) in [5.41, 5.74) is 2.46. The zero-order valence-electron chi connectivity index (χ0n) is 9.90. The average molecular weight is 267 g/mol. The molecule has 0 saturated heterocycles. The molecule has 2 nitrogen and oxygen atoms in total. The van der Waals surface area contributed by atoms with Crippen LogP contribution >= 0.6 is 22.9 Å². The van der Waals surface area contributed by atoms with Crippen LogP contribution in [0.15, 0.2) is 30.6 Å². The molecule has 1 N–H and O–H groups in total. The summed E-state index contributed by atoms with van der Waals surface area (Å²) in [6, 6.07) is 6.24. The molecule has 0 bridgehead atoms. The molecule has 1 atom stereocenters. The Bertz CT molecular complexity index is 496. The molecule has 0 aliphatic rings. The second kappa shape index (κ2) is 5.63. The van der Waals surface area contributed by atoms with Crippen molar-refractivity contribution in [3.05, 3.63) is 50.9 Å². The molecule has 2 aromatic rings. The van der Waals surface area contributed by atoms with E-state index in [1.165, 1.54) is 16.0 Å². The maximum Gasteiger partial charge on any atom is 0.0931 e. The lowest BCUT2D eigenvalue weighted by Crippen LogP contribution is -2.22. The van der Waals surface area contributed by atoms with E-state index in [4.69, 9.17) is 11.6 Å². The number of nitrogens with zero attached hydrogens (tertiary/aromatic N) is 1. The van der Waals surface area contributed by atoms with Gasteiger partial charge in [0.1, 0.15) is 0 Å². The molecule has 2 rings (SSSR count). The van der Waals surface area contributed by atoms with E-state index in [0.29, 0.717) is 0 Å². The predicted octanol–water partition coefficient (Wildman–Crippen LogP) is 3.80. The summed E-state index contributed by atoms with van der Waals surface area (Å²) in [4.78, 5) is 5.44. The largest absolute Gasteiger partial charge is 0.306 e. The highest BCUT2D eigenvalue weighted by molar-refractivity contribution is 7.16. The van der Waals surface area contributed by atoms with E-state index in [0.717, 1.165) is 10.9 Å². The molecule has 0 aliphatic heterocycles. The maximum absolute atomic E-state index is 6.01. The van der Waals surface area contributed by atoms with Crippen LogP contribution in [0.4, 0.5) is 0 Å². The second-order valence-electron chi connectivity index (χ2n) is 3.86. The van der Waals surface area contributed by atoms with Crippen LogP contribution in [0.1, 0.15) is 29.0 Å². The number of rotatable bonds is 4. The number of thiophene rings is 1. The average Bonchev–Trinajstić information content (AvgIpc) is 2.74. The van der Waals surface area contributed by atoms with E-state index >= 15 is 0 Å². The Labute approximate surface area is 111 Å². The summed E-state index contributed by atoms with van der Waals surface area (Å²) in [7, 11) is 0. The number of aryl methyl sites for hydroxylation is 1. The fourth-order valence-electron chi connectivity index (χ4n) is 1.83. The fourth-order valence-corrected chi connectivity index (χ4v) is 2.99. The SMILES string of the molecule is CCNC(c1ccc(Cl)s1)c1cnccc1C. The van der Waals surface area contributed by atoms with Crippen LogP contribution in [0.2, 0.25) is 4.34 Å². The van der Waals surface area contributed by atoms with Gasteiger partial charge in [-0.25, -0.2) is 0 Å². The van der Waals surface area contributed by atoms with Crippen molar-refractivity contribution in [2.45, 2.75) is 19.9 Å². The minimum Gasteiger partial charge on any atom is -0.306 e. The molecule has 0 radical (unpaired) electrons. The third-order valence-corrected chi connectivity index (χ3v) is 3.97. The van der Waals surface area contributed by atoms with Crippen molar-refractivity contribution in [1.29, 1.82) is 0 Å². The van der Waals surface area contributed by atoms with Crippen molar-refractivity contribution in [2.24, 2.45) is 0 Å². The summed E-state index contributed by atoms with van der Waals surface area (Å²) < 4.78 is 0.824. The predicted molar refractivity (Wildman–Crippen MR) is 73.8 cm³/mol. The van der Waals surface area contributed by atoms with Gasteiger partial charge in [-0.3, -0.25) is 4.98 Å². The first-order valence-corrected chi connectivity index (χ1v) is 6.81. The first kappa shape index (κ1) is 12.6. The third kappa shape index (κ3) is 2.86. The number of halogens is 1. The van der Waals surface area contributed by atoms with Gasteiger partial charge in [-0.05, 0) is 42.8 Å². The molecule has 90 valence electrons. The highest BCUT2D eigenvalue weighted by atomic mass is 35.5. The van der Waals surface area contributed by atoms with Crippen molar-refractivity contribution in [1.82, 2.24) is 10.3 Å². The van der Waals surface area contributed by atoms with E-state index < -0.39 is 0 Å². The van der Waals surface area contributed by atoms with Crippen molar-refractivity contribution < 1.29 is 0 Å². The molecule has 1 unspecified atom stereocenters.